The number of benzene rings is 1. The molecule has 1 heterocycles. The lowest BCUT2D eigenvalue weighted by molar-refractivity contribution is -0.117. The summed E-state index contributed by atoms with van der Waals surface area (Å²) in [7, 11) is 2.08. The number of carbonyl (C=O) groups is 1. The van der Waals surface area contributed by atoms with Crippen molar-refractivity contribution in [2.24, 2.45) is 5.92 Å². The first-order valence-electron chi connectivity index (χ1n) is 9.47. The van der Waals surface area contributed by atoms with Gasteiger partial charge in [0.05, 0.1) is 6.54 Å². The number of hydrogen-bond donors (Lipinski definition) is 1. The van der Waals surface area contributed by atoms with Crippen molar-refractivity contribution >= 4 is 17.3 Å². The van der Waals surface area contributed by atoms with Crippen LogP contribution in [0, 0.1) is 5.92 Å². The van der Waals surface area contributed by atoms with Gasteiger partial charge in [-0.05, 0) is 75.8 Å². The molecule has 132 valence electrons. The van der Waals surface area contributed by atoms with Crippen molar-refractivity contribution in [3.8, 4) is 0 Å². The van der Waals surface area contributed by atoms with Crippen LogP contribution in [-0.2, 0) is 4.79 Å². The van der Waals surface area contributed by atoms with E-state index in [1.807, 2.05) is 12.1 Å². The highest BCUT2D eigenvalue weighted by Crippen LogP contribution is 2.26. The standard InChI is InChI=1S/C20H31N3O/c1-16-5-9-18(10-6-16)22(2)15-20(24)21-17-7-11-19(12-8-17)23-13-3-4-14-23/h7-8,11-12,16,18H,3-6,9-10,13-15H2,1-2H3,(H,21,24). The van der Waals surface area contributed by atoms with Gasteiger partial charge in [0.1, 0.15) is 0 Å². The molecule has 4 heteroatoms. The summed E-state index contributed by atoms with van der Waals surface area (Å²) < 4.78 is 0. The van der Waals surface area contributed by atoms with Crippen molar-refractivity contribution in [3.63, 3.8) is 0 Å². The summed E-state index contributed by atoms with van der Waals surface area (Å²) >= 11 is 0. The van der Waals surface area contributed by atoms with E-state index < -0.39 is 0 Å². The monoisotopic (exact) mass is 329 g/mol. The van der Waals surface area contributed by atoms with Gasteiger partial charge < -0.3 is 10.2 Å². The third kappa shape index (κ3) is 4.50. The summed E-state index contributed by atoms with van der Waals surface area (Å²) in [6, 6.07) is 8.84. The first-order valence-corrected chi connectivity index (χ1v) is 9.47. The zero-order valence-electron chi connectivity index (χ0n) is 15.1. The van der Waals surface area contributed by atoms with Crippen molar-refractivity contribution in [2.75, 3.05) is 36.9 Å². The van der Waals surface area contributed by atoms with Crippen molar-refractivity contribution in [1.82, 2.24) is 4.90 Å². The number of likely N-dealkylation sites (N-methyl/N-ethyl adjacent to an activating group) is 1. The molecule has 0 spiro atoms. The van der Waals surface area contributed by atoms with Crippen molar-refractivity contribution in [1.29, 1.82) is 0 Å². The number of nitrogens with one attached hydrogen (secondary N) is 1. The summed E-state index contributed by atoms with van der Waals surface area (Å²) in [4.78, 5) is 16.9. The lowest BCUT2D eigenvalue weighted by Crippen LogP contribution is -2.39. The molecule has 1 aromatic carbocycles. The molecule has 0 aromatic heterocycles. The Morgan fingerprint density at radius 2 is 1.75 bits per heavy atom. The molecular formula is C20H31N3O. The third-order valence-electron chi connectivity index (χ3n) is 5.62. The Hall–Kier alpha value is -1.55. The summed E-state index contributed by atoms with van der Waals surface area (Å²) in [6.07, 6.45) is 7.57. The van der Waals surface area contributed by atoms with Gasteiger partial charge in [0.25, 0.3) is 0 Å². The van der Waals surface area contributed by atoms with Crippen molar-refractivity contribution in [2.45, 2.75) is 51.5 Å². The van der Waals surface area contributed by atoms with Gasteiger partial charge in [-0.2, -0.15) is 0 Å². The molecule has 1 aliphatic carbocycles. The number of hydrogen-bond acceptors (Lipinski definition) is 3. The molecule has 0 unspecified atom stereocenters. The quantitative estimate of drug-likeness (QED) is 0.894. The van der Waals surface area contributed by atoms with E-state index in [1.54, 1.807) is 0 Å². The van der Waals surface area contributed by atoms with Crippen LogP contribution in [0.4, 0.5) is 11.4 Å². The van der Waals surface area contributed by atoms with Crippen LogP contribution < -0.4 is 10.2 Å². The molecule has 1 N–H and O–H groups in total. The molecule has 0 bridgehead atoms. The van der Waals surface area contributed by atoms with E-state index in [2.05, 4.69) is 41.2 Å². The second-order valence-electron chi connectivity index (χ2n) is 7.62. The summed E-state index contributed by atoms with van der Waals surface area (Å²) in [5.41, 5.74) is 2.16. The number of nitrogens with zero attached hydrogens (tertiary/aromatic N) is 2. The predicted molar refractivity (Wildman–Crippen MR) is 101 cm³/mol. The summed E-state index contributed by atoms with van der Waals surface area (Å²) in [6.45, 7) is 5.11. The summed E-state index contributed by atoms with van der Waals surface area (Å²) in [5, 5.41) is 3.04. The van der Waals surface area contributed by atoms with E-state index in [4.69, 9.17) is 0 Å². The summed E-state index contributed by atoms with van der Waals surface area (Å²) in [5.74, 6) is 0.933. The van der Waals surface area contributed by atoms with E-state index in [9.17, 15) is 4.79 Å². The topological polar surface area (TPSA) is 35.6 Å². The van der Waals surface area contributed by atoms with E-state index in [-0.39, 0.29) is 5.91 Å². The molecule has 1 amide bonds. The minimum Gasteiger partial charge on any atom is -0.372 e. The molecular weight excluding hydrogens is 298 g/mol. The Bertz CT molecular complexity index is 528. The largest absolute Gasteiger partial charge is 0.372 e. The molecule has 1 aliphatic heterocycles. The molecule has 1 saturated heterocycles. The normalized spacial score (nSPS) is 24.4. The predicted octanol–water partition coefficient (Wildman–Crippen LogP) is 3.74. The molecule has 1 aromatic rings. The maximum atomic E-state index is 12.3. The number of carbonyl (C=O) groups excluding carboxylic acids is 1. The van der Waals surface area contributed by atoms with Gasteiger partial charge in [-0.25, -0.2) is 0 Å². The maximum Gasteiger partial charge on any atom is 0.238 e. The number of anilines is 2. The van der Waals surface area contributed by atoms with Gasteiger partial charge in [-0.3, -0.25) is 9.69 Å². The molecule has 2 fully saturated rings. The van der Waals surface area contributed by atoms with E-state index in [0.29, 0.717) is 12.6 Å². The van der Waals surface area contributed by atoms with Crippen LogP contribution in [0.2, 0.25) is 0 Å². The Kier molecular flexibility index (Phi) is 5.77. The van der Waals surface area contributed by atoms with Gasteiger partial charge in [-0.15, -0.1) is 0 Å². The molecule has 2 aliphatic rings. The highest BCUT2D eigenvalue weighted by molar-refractivity contribution is 5.92. The Morgan fingerprint density at radius 1 is 1.12 bits per heavy atom. The van der Waals surface area contributed by atoms with Crippen LogP contribution >= 0.6 is 0 Å². The van der Waals surface area contributed by atoms with Crippen LogP contribution in [0.25, 0.3) is 0 Å². The lowest BCUT2D eigenvalue weighted by atomic mass is 9.87. The highest BCUT2D eigenvalue weighted by Gasteiger charge is 2.23. The Morgan fingerprint density at radius 3 is 2.38 bits per heavy atom. The second-order valence-corrected chi connectivity index (χ2v) is 7.62. The average Bonchev–Trinajstić information content (AvgIpc) is 3.10. The number of amides is 1. The zero-order valence-corrected chi connectivity index (χ0v) is 15.1. The molecule has 0 atom stereocenters. The van der Waals surface area contributed by atoms with Crippen molar-refractivity contribution < 1.29 is 4.79 Å². The van der Waals surface area contributed by atoms with Crippen LogP contribution in [0.3, 0.4) is 0 Å². The Balaban J connectivity index is 1.47. The van der Waals surface area contributed by atoms with Gasteiger partial charge in [0, 0.05) is 30.5 Å². The fraction of sp³-hybridized carbons (Fsp3) is 0.650. The molecule has 24 heavy (non-hydrogen) atoms. The van der Waals surface area contributed by atoms with Crippen LogP contribution in [-0.4, -0.2) is 43.5 Å². The third-order valence-corrected chi connectivity index (χ3v) is 5.62. The first-order chi connectivity index (χ1) is 11.6. The van der Waals surface area contributed by atoms with Crippen molar-refractivity contribution in [3.05, 3.63) is 24.3 Å². The van der Waals surface area contributed by atoms with Gasteiger partial charge in [0.15, 0.2) is 0 Å². The smallest absolute Gasteiger partial charge is 0.238 e. The van der Waals surface area contributed by atoms with E-state index >= 15 is 0 Å². The fourth-order valence-corrected chi connectivity index (χ4v) is 3.97. The molecule has 3 rings (SSSR count). The Labute approximate surface area is 146 Å². The SMILES string of the molecule is CC1CCC(N(C)CC(=O)Nc2ccc(N3CCCC3)cc2)CC1. The molecule has 4 nitrogen and oxygen atoms in total. The van der Waals surface area contributed by atoms with E-state index in [1.165, 1.54) is 44.2 Å². The van der Waals surface area contributed by atoms with Crippen LogP contribution in [0.1, 0.15) is 45.4 Å². The van der Waals surface area contributed by atoms with Crippen LogP contribution in [0.15, 0.2) is 24.3 Å². The second kappa shape index (κ2) is 8.02. The minimum atomic E-state index is 0.0880. The maximum absolute atomic E-state index is 12.3. The van der Waals surface area contributed by atoms with Gasteiger partial charge in [-0.1, -0.05) is 6.92 Å². The van der Waals surface area contributed by atoms with E-state index in [0.717, 1.165) is 24.7 Å². The number of rotatable bonds is 5. The fourth-order valence-electron chi connectivity index (χ4n) is 3.97. The lowest BCUT2D eigenvalue weighted by Gasteiger charge is -2.33. The average molecular weight is 329 g/mol. The molecule has 1 saturated carbocycles. The van der Waals surface area contributed by atoms with Gasteiger partial charge in [0.2, 0.25) is 5.91 Å². The van der Waals surface area contributed by atoms with Crippen LogP contribution in [0.5, 0.6) is 0 Å². The molecule has 0 radical (unpaired) electrons. The van der Waals surface area contributed by atoms with Gasteiger partial charge >= 0.3 is 0 Å². The highest BCUT2D eigenvalue weighted by atomic mass is 16.2. The zero-order chi connectivity index (χ0) is 16.9. The first kappa shape index (κ1) is 17.3. The minimum absolute atomic E-state index is 0.0880.